The summed E-state index contributed by atoms with van der Waals surface area (Å²) in [6.45, 7) is 3.42. The number of rotatable bonds is 9. The monoisotopic (exact) mass is 298 g/mol. The average molecular weight is 299 g/mol. The van der Waals surface area contributed by atoms with Gasteiger partial charge in [0.1, 0.15) is 6.54 Å². The van der Waals surface area contributed by atoms with E-state index in [4.69, 9.17) is 0 Å². The van der Waals surface area contributed by atoms with Gasteiger partial charge in [0.15, 0.2) is 12.4 Å². The predicted octanol–water partition coefficient (Wildman–Crippen LogP) is 4.88. The summed E-state index contributed by atoms with van der Waals surface area (Å²) in [5, 5.41) is 0. The largest absolute Gasteiger partial charge is 0.204 e. The molecule has 1 nitrogen and oxygen atoms in total. The van der Waals surface area contributed by atoms with Gasteiger partial charge in [-0.25, -0.2) is 4.57 Å². The van der Waals surface area contributed by atoms with Crippen molar-refractivity contribution in [1.29, 1.82) is 0 Å². The Morgan fingerprint density at radius 1 is 1.00 bits per heavy atom. The molecule has 2 heteroatoms. The second-order valence-electron chi connectivity index (χ2n) is 4.73. The van der Waals surface area contributed by atoms with E-state index in [1.807, 2.05) is 0 Å². The molecular weight excluding hydrogens is 274 g/mol. The highest BCUT2D eigenvalue weighted by Crippen LogP contribution is 2.08. The van der Waals surface area contributed by atoms with Crippen LogP contribution in [0.15, 0.2) is 29.0 Å². The first-order valence-electron chi connectivity index (χ1n) is 6.97. The van der Waals surface area contributed by atoms with E-state index in [1.165, 1.54) is 55.8 Å². The lowest BCUT2D eigenvalue weighted by molar-refractivity contribution is -0.698. The summed E-state index contributed by atoms with van der Waals surface area (Å²) < 4.78 is 3.43. The van der Waals surface area contributed by atoms with Gasteiger partial charge in [-0.2, -0.15) is 0 Å². The van der Waals surface area contributed by atoms with Crippen LogP contribution in [0, 0.1) is 0 Å². The number of nitrogens with zero attached hydrogens (tertiary/aromatic N) is 1. The van der Waals surface area contributed by atoms with Gasteiger partial charge in [0.25, 0.3) is 0 Å². The van der Waals surface area contributed by atoms with Crippen LogP contribution in [0.5, 0.6) is 0 Å². The number of hydrogen-bond acceptors (Lipinski definition) is 0. The SMILES string of the molecule is CCCCCCCCCC[n+]1cccc(Br)c1. The summed E-state index contributed by atoms with van der Waals surface area (Å²) in [5.41, 5.74) is 0. The minimum absolute atomic E-state index is 1.15. The molecule has 0 saturated heterocycles. The lowest BCUT2D eigenvalue weighted by Crippen LogP contribution is -2.32. The fraction of sp³-hybridized carbons (Fsp3) is 0.667. The molecule has 0 saturated carbocycles. The molecule has 0 aromatic carbocycles. The molecule has 0 bridgehead atoms. The molecule has 1 aromatic heterocycles. The minimum Gasteiger partial charge on any atom is -0.204 e. The second-order valence-corrected chi connectivity index (χ2v) is 5.65. The van der Waals surface area contributed by atoms with Crippen LogP contribution in [0.25, 0.3) is 0 Å². The van der Waals surface area contributed by atoms with Crippen LogP contribution in [-0.4, -0.2) is 0 Å². The number of aromatic nitrogens is 1. The number of pyridine rings is 1. The molecule has 96 valence electrons. The molecular formula is C15H25BrN+. The van der Waals surface area contributed by atoms with E-state index in [0.29, 0.717) is 0 Å². The molecule has 0 atom stereocenters. The molecule has 0 unspecified atom stereocenters. The fourth-order valence-corrected chi connectivity index (χ4v) is 2.47. The van der Waals surface area contributed by atoms with Crippen LogP contribution in [0.4, 0.5) is 0 Å². The maximum absolute atomic E-state index is 3.50. The Morgan fingerprint density at radius 2 is 1.65 bits per heavy atom. The molecule has 17 heavy (non-hydrogen) atoms. The van der Waals surface area contributed by atoms with E-state index < -0.39 is 0 Å². The third kappa shape index (κ3) is 7.54. The lowest BCUT2D eigenvalue weighted by Gasteiger charge is -2.00. The Labute approximate surface area is 114 Å². The molecule has 0 fully saturated rings. The van der Waals surface area contributed by atoms with Gasteiger partial charge in [-0.15, -0.1) is 0 Å². The molecule has 0 aliphatic carbocycles. The normalized spacial score (nSPS) is 10.7. The third-order valence-electron chi connectivity index (χ3n) is 3.09. The van der Waals surface area contributed by atoms with Gasteiger partial charge in [-0.05, 0) is 28.4 Å². The van der Waals surface area contributed by atoms with Gasteiger partial charge in [-0.3, -0.25) is 0 Å². The summed E-state index contributed by atoms with van der Waals surface area (Å²) in [5.74, 6) is 0. The Morgan fingerprint density at radius 3 is 2.29 bits per heavy atom. The molecule has 1 aromatic rings. The van der Waals surface area contributed by atoms with Crippen LogP contribution in [-0.2, 0) is 6.54 Å². The smallest absolute Gasteiger partial charge is 0.183 e. The zero-order valence-electron chi connectivity index (χ0n) is 11.0. The third-order valence-corrected chi connectivity index (χ3v) is 3.56. The highest BCUT2D eigenvalue weighted by atomic mass is 79.9. The maximum Gasteiger partial charge on any atom is 0.183 e. The number of unbranched alkanes of at least 4 members (excludes halogenated alkanes) is 7. The topological polar surface area (TPSA) is 3.88 Å². The zero-order valence-corrected chi connectivity index (χ0v) is 12.6. The Bertz CT molecular complexity index is 299. The zero-order chi connectivity index (χ0) is 12.3. The van der Waals surface area contributed by atoms with Crippen LogP contribution in [0.1, 0.15) is 58.3 Å². The standard InChI is InChI=1S/C15H25BrN/c1-2-3-4-5-6-7-8-9-12-17-13-10-11-15(16)14-17/h10-11,13-14H,2-9,12H2,1H3/q+1. The first-order chi connectivity index (χ1) is 8.33. The van der Waals surface area contributed by atoms with E-state index >= 15 is 0 Å². The van der Waals surface area contributed by atoms with Crippen molar-refractivity contribution in [1.82, 2.24) is 0 Å². The van der Waals surface area contributed by atoms with Crippen molar-refractivity contribution in [2.24, 2.45) is 0 Å². The highest BCUT2D eigenvalue weighted by Gasteiger charge is 2.00. The predicted molar refractivity (Wildman–Crippen MR) is 76.9 cm³/mol. The van der Waals surface area contributed by atoms with Crippen LogP contribution < -0.4 is 4.57 Å². The van der Waals surface area contributed by atoms with E-state index in [2.05, 4.69) is 51.9 Å². The van der Waals surface area contributed by atoms with Gasteiger partial charge in [-0.1, -0.05) is 45.4 Å². The van der Waals surface area contributed by atoms with Crippen molar-refractivity contribution >= 4 is 15.9 Å². The van der Waals surface area contributed by atoms with Crippen molar-refractivity contribution in [2.75, 3.05) is 0 Å². The summed E-state index contributed by atoms with van der Waals surface area (Å²) >= 11 is 3.50. The van der Waals surface area contributed by atoms with E-state index in [9.17, 15) is 0 Å². The van der Waals surface area contributed by atoms with E-state index in [-0.39, 0.29) is 0 Å². The Balaban J connectivity index is 1.97. The molecule has 1 rings (SSSR count). The first kappa shape index (κ1) is 14.7. The summed E-state index contributed by atoms with van der Waals surface area (Å²) in [7, 11) is 0. The molecule has 0 N–H and O–H groups in total. The molecule has 0 aliphatic heterocycles. The van der Waals surface area contributed by atoms with Gasteiger partial charge < -0.3 is 0 Å². The van der Waals surface area contributed by atoms with Crippen LogP contribution >= 0.6 is 15.9 Å². The van der Waals surface area contributed by atoms with Crippen molar-refractivity contribution in [2.45, 2.75) is 64.8 Å². The van der Waals surface area contributed by atoms with E-state index in [1.54, 1.807) is 0 Å². The fourth-order valence-electron chi connectivity index (χ4n) is 2.06. The van der Waals surface area contributed by atoms with E-state index in [0.717, 1.165) is 6.54 Å². The van der Waals surface area contributed by atoms with Crippen molar-refractivity contribution in [3.05, 3.63) is 29.0 Å². The minimum atomic E-state index is 1.15. The van der Waals surface area contributed by atoms with Crippen molar-refractivity contribution in [3.8, 4) is 0 Å². The van der Waals surface area contributed by atoms with Gasteiger partial charge in [0.2, 0.25) is 0 Å². The van der Waals surface area contributed by atoms with Crippen LogP contribution in [0.3, 0.4) is 0 Å². The lowest BCUT2D eigenvalue weighted by atomic mass is 10.1. The average Bonchev–Trinajstić information content (AvgIpc) is 2.33. The summed E-state index contributed by atoms with van der Waals surface area (Å²) in [6, 6.07) is 4.17. The quantitative estimate of drug-likeness (QED) is 0.452. The highest BCUT2D eigenvalue weighted by molar-refractivity contribution is 9.10. The van der Waals surface area contributed by atoms with Gasteiger partial charge in [0, 0.05) is 12.5 Å². The summed E-state index contributed by atoms with van der Waals surface area (Å²) in [4.78, 5) is 0. The Hall–Kier alpha value is -0.370. The first-order valence-corrected chi connectivity index (χ1v) is 7.77. The second kappa shape index (κ2) is 9.64. The molecule has 0 radical (unpaired) electrons. The summed E-state index contributed by atoms with van der Waals surface area (Å²) in [6.07, 6.45) is 15.4. The maximum atomic E-state index is 3.50. The molecule has 0 aliphatic rings. The Kier molecular flexibility index (Phi) is 8.33. The van der Waals surface area contributed by atoms with Gasteiger partial charge in [0.05, 0.1) is 4.47 Å². The number of aryl methyl sites for hydroxylation is 1. The van der Waals surface area contributed by atoms with Gasteiger partial charge >= 0.3 is 0 Å². The van der Waals surface area contributed by atoms with Crippen molar-refractivity contribution in [3.63, 3.8) is 0 Å². The molecule has 1 heterocycles. The molecule has 0 spiro atoms. The number of hydrogen-bond donors (Lipinski definition) is 0. The van der Waals surface area contributed by atoms with Crippen molar-refractivity contribution < 1.29 is 4.57 Å². The van der Waals surface area contributed by atoms with Crippen LogP contribution in [0.2, 0.25) is 0 Å². The molecule has 0 amide bonds. The number of halogens is 1.